The van der Waals surface area contributed by atoms with Crippen molar-refractivity contribution in [2.75, 3.05) is 18.6 Å². The van der Waals surface area contributed by atoms with Gasteiger partial charge in [-0.3, -0.25) is 4.79 Å². The molecular weight excluding hydrogens is 258 g/mol. The molecule has 2 N–H and O–H groups in total. The number of unbranched alkanes of at least 4 members (excludes halogenated alkanes) is 7. The summed E-state index contributed by atoms with van der Waals surface area (Å²) in [6, 6.07) is -0.448. The molecule has 0 fully saturated rings. The molecule has 0 aliphatic rings. The first-order valence-electron chi connectivity index (χ1n) is 7.63. The van der Waals surface area contributed by atoms with E-state index in [0.29, 0.717) is 6.42 Å². The summed E-state index contributed by atoms with van der Waals surface area (Å²) < 4.78 is 4.59. The second-order valence-corrected chi connectivity index (χ2v) is 6.23. The molecule has 0 aliphatic carbocycles. The molecule has 1 unspecified atom stereocenters. The van der Waals surface area contributed by atoms with Crippen LogP contribution >= 0.6 is 11.8 Å². The van der Waals surface area contributed by atoms with Gasteiger partial charge in [0.25, 0.3) is 0 Å². The summed E-state index contributed by atoms with van der Waals surface area (Å²) in [6.07, 6.45) is 11.6. The van der Waals surface area contributed by atoms with Gasteiger partial charge >= 0.3 is 5.97 Å². The van der Waals surface area contributed by atoms with E-state index in [4.69, 9.17) is 5.73 Å². The van der Waals surface area contributed by atoms with Crippen molar-refractivity contribution >= 4 is 17.7 Å². The molecule has 0 bridgehead atoms. The fourth-order valence-corrected chi connectivity index (χ4v) is 2.95. The standard InChI is InChI=1S/C15H31NO2S/c1-3-4-5-6-7-8-9-10-12-19-13-11-14(16)15(17)18-2/h14H,3-13,16H2,1-2H3. The van der Waals surface area contributed by atoms with E-state index in [-0.39, 0.29) is 5.97 Å². The Morgan fingerprint density at radius 3 is 2.21 bits per heavy atom. The van der Waals surface area contributed by atoms with Crippen LogP contribution in [0, 0.1) is 0 Å². The highest BCUT2D eigenvalue weighted by molar-refractivity contribution is 7.99. The highest BCUT2D eigenvalue weighted by Crippen LogP contribution is 2.12. The zero-order valence-electron chi connectivity index (χ0n) is 12.7. The molecule has 3 nitrogen and oxygen atoms in total. The van der Waals surface area contributed by atoms with Gasteiger partial charge in [-0.05, 0) is 24.3 Å². The topological polar surface area (TPSA) is 52.3 Å². The van der Waals surface area contributed by atoms with Crippen LogP contribution in [-0.2, 0) is 9.53 Å². The van der Waals surface area contributed by atoms with Gasteiger partial charge in [0.1, 0.15) is 6.04 Å². The lowest BCUT2D eigenvalue weighted by Crippen LogP contribution is -2.32. The average Bonchev–Trinajstić information content (AvgIpc) is 2.43. The van der Waals surface area contributed by atoms with Crippen molar-refractivity contribution < 1.29 is 9.53 Å². The van der Waals surface area contributed by atoms with E-state index in [0.717, 1.165) is 5.75 Å². The molecule has 0 aromatic heterocycles. The Morgan fingerprint density at radius 1 is 1.05 bits per heavy atom. The first-order chi connectivity index (χ1) is 9.22. The van der Waals surface area contributed by atoms with E-state index >= 15 is 0 Å². The third-order valence-corrected chi connectivity index (χ3v) is 4.32. The lowest BCUT2D eigenvalue weighted by Gasteiger charge is -2.08. The maximum Gasteiger partial charge on any atom is 0.322 e. The highest BCUT2D eigenvalue weighted by atomic mass is 32.2. The number of rotatable bonds is 13. The van der Waals surface area contributed by atoms with Crippen molar-refractivity contribution in [1.82, 2.24) is 0 Å². The number of thioether (sulfide) groups is 1. The van der Waals surface area contributed by atoms with Crippen molar-refractivity contribution in [1.29, 1.82) is 0 Å². The largest absolute Gasteiger partial charge is 0.468 e. The van der Waals surface area contributed by atoms with Crippen molar-refractivity contribution in [3.63, 3.8) is 0 Å². The highest BCUT2D eigenvalue weighted by Gasteiger charge is 2.12. The van der Waals surface area contributed by atoms with E-state index < -0.39 is 6.04 Å². The third-order valence-electron chi connectivity index (χ3n) is 3.22. The Kier molecular flexibility index (Phi) is 14.0. The molecule has 0 aliphatic heterocycles. The maximum absolute atomic E-state index is 11.1. The average molecular weight is 289 g/mol. The molecule has 0 aromatic rings. The smallest absolute Gasteiger partial charge is 0.322 e. The normalized spacial score (nSPS) is 12.4. The van der Waals surface area contributed by atoms with Crippen LogP contribution < -0.4 is 5.73 Å². The number of esters is 1. The SMILES string of the molecule is CCCCCCCCCCSCCC(N)C(=O)OC. The lowest BCUT2D eigenvalue weighted by molar-refractivity contribution is -0.142. The van der Waals surface area contributed by atoms with Gasteiger partial charge in [-0.1, -0.05) is 51.9 Å². The zero-order valence-corrected chi connectivity index (χ0v) is 13.5. The van der Waals surface area contributed by atoms with E-state index in [9.17, 15) is 4.79 Å². The lowest BCUT2D eigenvalue weighted by atomic mass is 10.1. The van der Waals surface area contributed by atoms with Crippen LogP contribution in [0.15, 0.2) is 0 Å². The summed E-state index contributed by atoms with van der Waals surface area (Å²) in [4.78, 5) is 11.1. The minimum Gasteiger partial charge on any atom is -0.468 e. The Hall–Kier alpha value is -0.220. The van der Waals surface area contributed by atoms with Crippen LogP contribution in [-0.4, -0.2) is 30.6 Å². The number of nitrogens with two attached hydrogens (primary N) is 1. The van der Waals surface area contributed by atoms with E-state index in [1.54, 1.807) is 0 Å². The molecule has 0 heterocycles. The second kappa shape index (κ2) is 14.2. The van der Waals surface area contributed by atoms with Gasteiger partial charge in [-0.2, -0.15) is 11.8 Å². The Bertz CT molecular complexity index is 212. The molecule has 0 spiro atoms. The second-order valence-electron chi connectivity index (χ2n) is 5.01. The summed E-state index contributed by atoms with van der Waals surface area (Å²) in [7, 11) is 1.38. The fraction of sp³-hybridized carbons (Fsp3) is 0.933. The minimum atomic E-state index is -0.448. The van der Waals surface area contributed by atoms with Crippen LogP contribution in [0.4, 0.5) is 0 Å². The van der Waals surface area contributed by atoms with E-state index in [1.807, 2.05) is 11.8 Å². The van der Waals surface area contributed by atoms with Gasteiger partial charge in [0.2, 0.25) is 0 Å². The van der Waals surface area contributed by atoms with Gasteiger partial charge in [-0.15, -0.1) is 0 Å². The maximum atomic E-state index is 11.1. The molecule has 0 radical (unpaired) electrons. The predicted octanol–water partition coefficient (Wildman–Crippen LogP) is 3.75. The first kappa shape index (κ1) is 18.8. The predicted molar refractivity (Wildman–Crippen MR) is 84.5 cm³/mol. The van der Waals surface area contributed by atoms with Gasteiger partial charge in [0.15, 0.2) is 0 Å². The van der Waals surface area contributed by atoms with Crippen LogP contribution in [0.25, 0.3) is 0 Å². The molecule has 4 heteroatoms. The number of hydrogen-bond donors (Lipinski definition) is 1. The van der Waals surface area contributed by atoms with Crippen LogP contribution in [0.2, 0.25) is 0 Å². The van der Waals surface area contributed by atoms with Crippen molar-refractivity contribution in [3.8, 4) is 0 Å². The Balaban J connectivity index is 3.12. The zero-order chi connectivity index (χ0) is 14.3. The molecule has 0 saturated heterocycles. The number of hydrogen-bond acceptors (Lipinski definition) is 4. The van der Waals surface area contributed by atoms with Crippen LogP contribution in [0.3, 0.4) is 0 Å². The molecule has 1 atom stereocenters. The summed E-state index contributed by atoms with van der Waals surface area (Å²) in [5.41, 5.74) is 5.66. The first-order valence-corrected chi connectivity index (χ1v) is 8.79. The summed E-state index contributed by atoms with van der Waals surface area (Å²) in [6.45, 7) is 2.25. The quantitative estimate of drug-likeness (QED) is 0.414. The molecule has 19 heavy (non-hydrogen) atoms. The van der Waals surface area contributed by atoms with Crippen molar-refractivity contribution in [3.05, 3.63) is 0 Å². The Labute approximate surface area is 123 Å². The van der Waals surface area contributed by atoms with Crippen molar-refractivity contribution in [2.45, 2.75) is 70.8 Å². The Morgan fingerprint density at radius 2 is 1.63 bits per heavy atom. The van der Waals surface area contributed by atoms with Gasteiger partial charge in [-0.25, -0.2) is 0 Å². The van der Waals surface area contributed by atoms with Gasteiger partial charge in [0.05, 0.1) is 7.11 Å². The monoisotopic (exact) mass is 289 g/mol. The molecular formula is C15H31NO2S. The van der Waals surface area contributed by atoms with Gasteiger partial charge < -0.3 is 10.5 Å². The molecule has 0 aromatic carbocycles. The van der Waals surface area contributed by atoms with E-state index in [1.165, 1.54) is 64.2 Å². The molecule has 0 rings (SSSR count). The van der Waals surface area contributed by atoms with Gasteiger partial charge in [0, 0.05) is 0 Å². The molecule has 0 amide bonds. The van der Waals surface area contributed by atoms with Crippen molar-refractivity contribution in [2.24, 2.45) is 5.73 Å². The third kappa shape index (κ3) is 12.6. The summed E-state index contributed by atoms with van der Waals surface area (Å²) >= 11 is 1.89. The fourth-order valence-electron chi connectivity index (χ4n) is 1.92. The summed E-state index contributed by atoms with van der Waals surface area (Å²) in [5.74, 6) is 1.84. The number of methoxy groups -OCH3 is 1. The molecule has 114 valence electrons. The number of carbonyl (C=O) groups excluding carboxylic acids is 1. The molecule has 0 saturated carbocycles. The number of carbonyl (C=O) groups is 1. The van der Waals surface area contributed by atoms with Crippen LogP contribution in [0.1, 0.15) is 64.7 Å². The van der Waals surface area contributed by atoms with E-state index in [2.05, 4.69) is 11.7 Å². The minimum absolute atomic E-state index is 0.298. The summed E-state index contributed by atoms with van der Waals surface area (Å²) in [5, 5.41) is 0. The number of ether oxygens (including phenoxy) is 1. The van der Waals surface area contributed by atoms with Crippen LogP contribution in [0.5, 0.6) is 0 Å².